The van der Waals surface area contributed by atoms with E-state index in [9.17, 15) is 4.79 Å². The predicted molar refractivity (Wildman–Crippen MR) is 118 cm³/mol. The standard InChI is InChI=1S/C23H21ClN4O2/c1-30-19-9-7-16(8-10-19)15-28-21(27-20-6-3-13-25-23(20)28)11-12-22(29)26-18-5-2-4-17(24)14-18/h2-10,13-14H,11-12,15H2,1H3,(H,26,29). The van der Waals surface area contributed by atoms with E-state index in [0.29, 0.717) is 30.1 Å². The van der Waals surface area contributed by atoms with Gasteiger partial charge in [-0.2, -0.15) is 0 Å². The van der Waals surface area contributed by atoms with Gasteiger partial charge in [0.2, 0.25) is 5.91 Å². The van der Waals surface area contributed by atoms with Gasteiger partial charge in [-0.15, -0.1) is 0 Å². The zero-order chi connectivity index (χ0) is 20.9. The van der Waals surface area contributed by atoms with Crippen LogP contribution < -0.4 is 10.1 Å². The maximum Gasteiger partial charge on any atom is 0.224 e. The van der Waals surface area contributed by atoms with E-state index in [1.165, 1.54) is 0 Å². The molecule has 0 aliphatic carbocycles. The molecule has 2 aromatic heterocycles. The summed E-state index contributed by atoms with van der Waals surface area (Å²) in [5.41, 5.74) is 3.40. The molecule has 0 fully saturated rings. The van der Waals surface area contributed by atoms with Gasteiger partial charge in [0.25, 0.3) is 0 Å². The van der Waals surface area contributed by atoms with Crippen LogP contribution in [0.3, 0.4) is 0 Å². The Hall–Kier alpha value is -3.38. The quantitative estimate of drug-likeness (QED) is 0.470. The Morgan fingerprint density at radius 2 is 1.97 bits per heavy atom. The monoisotopic (exact) mass is 420 g/mol. The Morgan fingerprint density at radius 3 is 2.73 bits per heavy atom. The number of hydrogen-bond acceptors (Lipinski definition) is 4. The van der Waals surface area contributed by atoms with Gasteiger partial charge >= 0.3 is 0 Å². The van der Waals surface area contributed by atoms with E-state index in [0.717, 1.165) is 28.3 Å². The van der Waals surface area contributed by atoms with Crippen molar-refractivity contribution in [1.29, 1.82) is 0 Å². The molecule has 0 bridgehead atoms. The number of ether oxygens (including phenoxy) is 1. The number of fused-ring (bicyclic) bond motifs is 1. The third kappa shape index (κ3) is 4.60. The summed E-state index contributed by atoms with van der Waals surface area (Å²) in [6.45, 7) is 0.614. The van der Waals surface area contributed by atoms with Crippen LogP contribution in [0.5, 0.6) is 5.75 Å². The van der Waals surface area contributed by atoms with Crippen molar-refractivity contribution in [3.05, 3.63) is 83.3 Å². The summed E-state index contributed by atoms with van der Waals surface area (Å²) < 4.78 is 7.29. The number of imidazole rings is 1. The summed E-state index contributed by atoms with van der Waals surface area (Å²) in [5, 5.41) is 3.46. The zero-order valence-corrected chi connectivity index (χ0v) is 17.3. The smallest absolute Gasteiger partial charge is 0.224 e. The lowest BCUT2D eigenvalue weighted by atomic mass is 10.2. The molecule has 152 valence electrons. The molecular weight excluding hydrogens is 400 g/mol. The van der Waals surface area contributed by atoms with Gasteiger partial charge in [-0.25, -0.2) is 9.97 Å². The van der Waals surface area contributed by atoms with E-state index in [1.54, 1.807) is 31.5 Å². The minimum atomic E-state index is -0.0896. The first-order valence-electron chi connectivity index (χ1n) is 9.61. The molecule has 0 aliphatic rings. The van der Waals surface area contributed by atoms with Crippen LogP contribution in [0, 0.1) is 0 Å². The van der Waals surface area contributed by atoms with Crippen molar-refractivity contribution < 1.29 is 9.53 Å². The summed E-state index contributed by atoms with van der Waals surface area (Å²) >= 11 is 5.98. The molecule has 0 saturated heterocycles. The molecule has 4 rings (SSSR count). The summed E-state index contributed by atoms with van der Waals surface area (Å²) in [4.78, 5) is 21.6. The highest BCUT2D eigenvalue weighted by Crippen LogP contribution is 2.20. The fraction of sp³-hybridized carbons (Fsp3) is 0.174. The third-order valence-electron chi connectivity index (χ3n) is 4.77. The van der Waals surface area contributed by atoms with Crippen LogP contribution in [-0.2, 0) is 17.8 Å². The number of benzene rings is 2. The molecule has 7 heteroatoms. The van der Waals surface area contributed by atoms with Crippen LogP contribution in [0.15, 0.2) is 66.9 Å². The Morgan fingerprint density at radius 1 is 1.13 bits per heavy atom. The normalized spacial score (nSPS) is 10.9. The molecule has 2 aromatic carbocycles. The second kappa shape index (κ2) is 8.97. The van der Waals surface area contributed by atoms with Crippen molar-refractivity contribution in [3.8, 4) is 5.75 Å². The first kappa shape index (κ1) is 19.9. The number of nitrogens with zero attached hydrogens (tertiary/aromatic N) is 3. The summed E-state index contributed by atoms with van der Waals surface area (Å²) in [7, 11) is 1.65. The van der Waals surface area contributed by atoms with Crippen molar-refractivity contribution in [2.45, 2.75) is 19.4 Å². The number of pyridine rings is 1. The fourth-order valence-electron chi connectivity index (χ4n) is 3.29. The number of carbonyl (C=O) groups is 1. The maximum atomic E-state index is 12.4. The minimum absolute atomic E-state index is 0.0896. The van der Waals surface area contributed by atoms with Crippen LogP contribution in [0.25, 0.3) is 11.2 Å². The number of hydrogen-bond donors (Lipinski definition) is 1. The van der Waals surface area contributed by atoms with Gasteiger partial charge in [0.05, 0.1) is 13.7 Å². The number of anilines is 1. The number of halogens is 1. The van der Waals surface area contributed by atoms with E-state index < -0.39 is 0 Å². The molecule has 0 spiro atoms. The fourth-order valence-corrected chi connectivity index (χ4v) is 3.48. The second-order valence-electron chi connectivity index (χ2n) is 6.87. The lowest BCUT2D eigenvalue weighted by Crippen LogP contribution is -2.14. The topological polar surface area (TPSA) is 69.0 Å². The average Bonchev–Trinajstić information content (AvgIpc) is 3.10. The third-order valence-corrected chi connectivity index (χ3v) is 5.00. The minimum Gasteiger partial charge on any atom is -0.497 e. The van der Waals surface area contributed by atoms with Crippen molar-refractivity contribution in [3.63, 3.8) is 0 Å². The number of amides is 1. The molecule has 0 radical (unpaired) electrons. The number of rotatable bonds is 7. The van der Waals surface area contributed by atoms with E-state index in [1.807, 2.05) is 42.5 Å². The van der Waals surface area contributed by atoms with Crippen molar-refractivity contribution >= 4 is 34.4 Å². The lowest BCUT2D eigenvalue weighted by Gasteiger charge is -2.10. The highest BCUT2D eigenvalue weighted by Gasteiger charge is 2.14. The molecule has 1 N–H and O–H groups in total. The molecule has 30 heavy (non-hydrogen) atoms. The van der Waals surface area contributed by atoms with Gasteiger partial charge in [0.15, 0.2) is 5.65 Å². The number of carbonyl (C=O) groups excluding carboxylic acids is 1. The molecule has 4 aromatic rings. The largest absolute Gasteiger partial charge is 0.497 e. The van der Waals surface area contributed by atoms with E-state index in [-0.39, 0.29) is 5.91 Å². The van der Waals surface area contributed by atoms with Gasteiger partial charge in [-0.3, -0.25) is 4.79 Å². The first-order chi connectivity index (χ1) is 14.6. The van der Waals surface area contributed by atoms with Gasteiger partial charge < -0.3 is 14.6 Å². The van der Waals surface area contributed by atoms with E-state index in [4.69, 9.17) is 21.3 Å². The molecule has 0 atom stereocenters. The van der Waals surface area contributed by atoms with Crippen LogP contribution in [0.4, 0.5) is 5.69 Å². The first-order valence-corrected chi connectivity index (χ1v) is 9.98. The highest BCUT2D eigenvalue weighted by molar-refractivity contribution is 6.30. The second-order valence-corrected chi connectivity index (χ2v) is 7.30. The lowest BCUT2D eigenvalue weighted by molar-refractivity contribution is -0.116. The summed E-state index contributed by atoms with van der Waals surface area (Å²) in [5.74, 6) is 1.54. The highest BCUT2D eigenvalue weighted by atomic mass is 35.5. The Bertz CT molecular complexity index is 1170. The van der Waals surface area contributed by atoms with Gasteiger partial charge in [-0.05, 0) is 48.0 Å². The van der Waals surface area contributed by atoms with Crippen LogP contribution >= 0.6 is 11.6 Å². The van der Waals surface area contributed by atoms with Crippen LogP contribution in [0.2, 0.25) is 5.02 Å². The molecule has 2 heterocycles. The average molecular weight is 421 g/mol. The zero-order valence-electron chi connectivity index (χ0n) is 16.5. The van der Waals surface area contributed by atoms with Gasteiger partial charge in [-0.1, -0.05) is 29.8 Å². The van der Waals surface area contributed by atoms with Crippen molar-refractivity contribution in [2.24, 2.45) is 0 Å². The molecule has 0 aliphatic heterocycles. The number of aromatic nitrogens is 3. The van der Waals surface area contributed by atoms with Crippen LogP contribution in [-0.4, -0.2) is 27.6 Å². The van der Waals surface area contributed by atoms with Gasteiger partial charge in [0, 0.05) is 29.7 Å². The number of methoxy groups -OCH3 is 1. The number of nitrogens with one attached hydrogen (secondary N) is 1. The van der Waals surface area contributed by atoms with Crippen molar-refractivity contribution in [1.82, 2.24) is 14.5 Å². The van der Waals surface area contributed by atoms with Crippen molar-refractivity contribution in [2.75, 3.05) is 12.4 Å². The summed E-state index contributed by atoms with van der Waals surface area (Å²) in [6, 6.07) is 18.8. The van der Waals surface area contributed by atoms with Gasteiger partial charge in [0.1, 0.15) is 17.1 Å². The number of aryl methyl sites for hydroxylation is 1. The molecule has 6 nitrogen and oxygen atoms in total. The Labute approximate surface area is 179 Å². The SMILES string of the molecule is COc1ccc(Cn2c(CCC(=O)Nc3cccc(Cl)c3)nc3cccnc32)cc1. The Balaban J connectivity index is 1.52. The molecule has 1 amide bonds. The Kier molecular flexibility index (Phi) is 5.95. The van der Waals surface area contributed by atoms with E-state index in [2.05, 4.69) is 14.9 Å². The molecule has 0 saturated carbocycles. The van der Waals surface area contributed by atoms with E-state index >= 15 is 0 Å². The predicted octanol–water partition coefficient (Wildman–Crippen LogP) is 4.71. The molecule has 0 unspecified atom stereocenters. The summed E-state index contributed by atoms with van der Waals surface area (Å²) in [6.07, 6.45) is 2.56. The maximum absolute atomic E-state index is 12.4. The molecular formula is C23H21ClN4O2. The van der Waals surface area contributed by atoms with Crippen LogP contribution in [0.1, 0.15) is 17.8 Å².